The summed E-state index contributed by atoms with van der Waals surface area (Å²) in [4.78, 5) is 27.5. The second-order valence-corrected chi connectivity index (χ2v) is 43.1. The second-order valence-electron chi connectivity index (χ2n) is 40.0. The lowest BCUT2D eigenvalue weighted by atomic mass is 9.63. The molecule has 4 aliphatic rings. The molecule has 30 rings (SSSR count). The Morgan fingerprint density at radius 1 is 0.297 bits per heavy atom. The van der Waals surface area contributed by atoms with Crippen molar-refractivity contribution in [3.8, 4) is 123 Å². The summed E-state index contributed by atoms with van der Waals surface area (Å²) in [5, 5.41) is 20.9. The predicted octanol–water partition coefficient (Wildman–Crippen LogP) is 38.4. The number of nitrogens with one attached hydrogen (secondary N) is 1. The Kier molecular flexibility index (Phi) is 20.0. The van der Waals surface area contributed by atoms with E-state index in [9.17, 15) is 0 Å². The van der Waals surface area contributed by atoms with Crippen LogP contribution in [0.2, 0.25) is 0 Å². The average molecular weight is 1940 g/mol. The highest BCUT2D eigenvalue weighted by atomic mass is 32.1. The molecule has 0 saturated carbocycles. The molecular formula is C139H88N6S3. The number of rotatable bonds is 14. The lowest BCUT2D eigenvalue weighted by Gasteiger charge is -2.40. The Balaban J connectivity index is 0.450. The Hall–Kier alpha value is -17.8. The molecule has 4 unspecified atom stereocenters. The van der Waals surface area contributed by atoms with E-state index in [1.807, 2.05) is 46.4 Å². The molecule has 0 radical (unpaired) electrons. The van der Waals surface area contributed by atoms with Gasteiger partial charge in [-0.3, -0.25) is 9.97 Å². The lowest BCUT2D eigenvalue weighted by molar-refractivity contribution is 0.501. The normalized spacial score (nSPS) is 15.7. The van der Waals surface area contributed by atoms with Crippen LogP contribution in [0.3, 0.4) is 0 Å². The number of allylic oxidation sites excluding steroid dienone is 8. The highest BCUT2D eigenvalue weighted by Gasteiger charge is 2.44. The van der Waals surface area contributed by atoms with Gasteiger partial charge in [0.2, 0.25) is 0 Å². The number of anilines is 1. The molecule has 0 spiro atoms. The van der Waals surface area contributed by atoms with Gasteiger partial charge in [-0.2, -0.15) is 0 Å². The first kappa shape index (κ1) is 85.7. The fourth-order valence-electron chi connectivity index (χ4n) is 24.3. The van der Waals surface area contributed by atoms with E-state index in [2.05, 4.69) is 479 Å². The van der Waals surface area contributed by atoms with Crippen LogP contribution in [0.1, 0.15) is 64.7 Å². The third kappa shape index (κ3) is 14.0. The van der Waals surface area contributed by atoms with Crippen LogP contribution in [0.4, 0.5) is 11.4 Å². The number of nitrogens with zero attached hydrogens (tertiary/aromatic N) is 5. The summed E-state index contributed by atoms with van der Waals surface area (Å²) in [7, 11) is 0. The number of aliphatic imine (C=N–C) groups is 1. The molecule has 148 heavy (non-hydrogen) atoms. The molecule has 9 heteroatoms. The van der Waals surface area contributed by atoms with Crippen molar-refractivity contribution in [1.82, 2.24) is 19.9 Å². The zero-order valence-corrected chi connectivity index (χ0v) is 83.0. The highest BCUT2D eigenvalue weighted by Crippen LogP contribution is 2.56. The number of hydrogen-bond acceptors (Lipinski definition) is 9. The van der Waals surface area contributed by atoms with E-state index in [0.29, 0.717) is 0 Å². The first-order valence-corrected chi connectivity index (χ1v) is 53.4. The molecule has 6 nitrogen and oxygen atoms in total. The molecule has 26 aromatic rings. The van der Waals surface area contributed by atoms with Crippen molar-refractivity contribution in [1.29, 1.82) is 0 Å². The molecule has 5 aromatic heterocycles. The van der Waals surface area contributed by atoms with Gasteiger partial charge >= 0.3 is 0 Å². The zero-order chi connectivity index (χ0) is 97.3. The van der Waals surface area contributed by atoms with Crippen molar-refractivity contribution in [2.24, 2.45) is 4.99 Å². The second kappa shape index (κ2) is 34.5. The molecule has 0 fully saturated rings. The van der Waals surface area contributed by atoms with Crippen molar-refractivity contribution >= 4 is 171 Å². The maximum atomic E-state index is 5.90. The number of aromatic nitrogens is 4. The molecule has 1 N–H and O–H groups in total. The third-order valence-corrected chi connectivity index (χ3v) is 35.3. The average Bonchev–Trinajstić information content (AvgIpc) is 0.907. The maximum Gasteiger partial charge on any atom is 0.0979 e. The van der Waals surface area contributed by atoms with Crippen LogP contribution in [0.5, 0.6) is 0 Å². The van der Waals surface area contributed by atoms with Gasteiger partial charge in [-0.25, -0.2) is 15.0 Å². The Bertz CT molecular complexity index is 10300. The van der Waals surface area contributed by atoms with Crippen LogP contribution in [0, 0.1) is 0 Å². The standard InChI is InChI=1S/C139H88N6S3/c1-139-72-17-16-52-122(139)107-39-8-13-45-115(107)134-138(139)143-123(80-141-134)86-62-56-83(57-63-86)89-26-18-25-88(73-89)82-54-60-85(61-55-82)100-46-22-49-118-110-70-67-98(79-127(110)148-135(100)118)129-128(144-132-113-43-11-6-37-105(113)106-38-7-12-44-114(106)133(132)145-129)87-64-58-84(59-65-87)90-27-19-28-91(74-90)92-29-21-32-96(76-92)101-47-23-51-119-121-78-97(68-71-126(121)147-136(101)119)120-77-94(66-69-108(120)124-81-140-130-111-41-9-4-35-103(111)104-36-5-10-42-112(104)131(130)142-124)93-30-20-31-95(75-93)99-33-2-3-34-102(99)116-48-24-50-117-109-40-14-15-53-125(109)146-137(116)117/h2-54,56-82,122,128,144H,55H2,1H3. The summed E-state index contributed by atoms with van der Waals surface area (Å²) in [5.74, 6) is 0.439. The van der Waals surface area contributed by atoms with Crippen LogP contribution >= 0.6 is 34.0 Å². The van der Waals surface area contributed by atoms with Crippen LogP contribution in [0.15, 0.2) is 485 Å². The monoisotopic (exact) mass is 1940 g/mol. The van der Waals surface area contributed by atoms with Crippen LogP contribution in [-0.2, 0) is 5.41 Å². The number of hydrogen-bond donors (Lipinski definition) is 1. The van der Waals surface area contributed by atoms with E-state index in [4.69, 9.17) is 24.9 Å². The Morgan fingerprint density at radius 2 is 0.797 bits per heavy atom. The van der Waals surface area contributed by atoms with E-state index >= 15 is 0 Å². The van der Waals surface area contributed by atoms with Crippen molar-refractivity contribution in [3.63, 3.8) is 0 Å². The van der Waals surface area contributed by atoms with Gasteiger partial charge < -0.3 is 5.32 Å². The maximum absolute atomic E-state index is 5.90. The van der Waals surface area contributed by atoms with E-state index in [0.717, 1.165) is 151 Å². The number of thiophene rings is 3. The summed E-state index contributed by atoms with van der Waals surface area (Å²) in [6.07, 6.45) is 21.0. The Morgan fingerprint density at radius 3 is 1.53 bits per heavy atom. The third-order valence-electron chi connectivity index (χ3n) is 31.7. The topological polar surface area (TPSA) is 76.0 Å². The van der Waals surface area contributed by atoms with Gasteiger partial charge in [-0.1, -0.05) is 419 Å². The van der Waals surface area contributed by atoms with Gasteiger partial charge in [0.1, 0.15) is 0 Å². The number of benzene rings is 21. The lowest BCUT2D eigenvalue weighted by Crippen LogP contribution is -2.34. The van der Waals surface area contributed by atoms with Gasteiger partial charge in [-0.15, -0.1) is 34.0 Å². The molecule has 21 aromatic carbocycles. The summed E-state index contributed by atoms with van der Waals surface area (Å²) >= 11 is 5.63. The quantitative estimate of drug-likeness (QED) is 0.110. The molecule has 0 saturated heterocycles. The fraction of sp³-hybridized carbons (Fsp3) is 0.0432. The van der Waals surface area contributed by atoms with E-state index in [1.54, 1.807) is 0 Å². The van der Waals surface area contributed by atoms with Crippen molar-refractivity contribution in [3.05, 3.63) is 513 Å². The number of fused-ring (bicyclic) bond motifs is 27. The minimum absolute atomic E-state index is 0.200. The summed E-state index contributed by atoms with van der Waals surface area (Å²) < 4.78 is 7.61. The van der Waals surface area contributed by atoms with Crippen LogP contribution in [0.25, 0.3) is 243 Å². The van der Waals surface area contributed by atoms with Crippen molar-refractivity contribution < 1.29 is 0 Å². The first-order chi connectivity index (χ1) is 73.2. The summed E-state index contributed by atoms with van der Waals surface area (Å²) in [6, 6.07) is 157. The Labute approximate surface area is 867 Å². The molecule has 4 atom stereocenters. The SMILES string of the molecule is CC12C=CC=CC1c1ccccc1-c1ncc(-c3ccc(-c4cccc(C5C=CC(c6cccc7c6sc6cc(C8=Nc9c(c%10ccccc%10c%10ccccc9%10)NC8c8ccc(-c9cccc(-c%10cccc(-c%11cccc%12c%11sc%11ccc(-c%13cc(-c%14cccc(-c%15ccccc%15-c%15cccc%16c%15sc%15ccccc%15%16)c%14)ccc%13-c%13cnc%14c%15ccccc%15c%15ccccc%15c%14n%13)cc%11%12)c%10)c9)cc8)ccc67)=CC5)c4)cc3)nc12. The fourth-order valence-corrected chi connectivity index (χ4v) is 28.0. The van der Waals surface area contributed by atoms with Gasteiger partial charge in [0.15, 0.2) is 0 Å². The van der Waals surface area contributed by atoms with Gasteiger partial charge in [-0.05, 0) is 200 Å². The molecule has 0 bridgehead atoms. The van der Waals surface area contributed by atoms with Gasteiger partial charge in [0.25, 0.3) is 0 Å². The molecule has 1 aliphatic heterocycles. The largest absolute Gasteiger partial charge is 0.370 e. The molecule has 6 heterocycles. The zero-order valence-electron chi connectivity index (χ0n) is 80.5. The van der Waals surface area contributed by atoms with E-state index in [1.165, 1.54) is 149 Å². The van der Waals surface area contributed by atoms with Crippen molar-refractivity contribution in [2.45, 2.75) is 36.6 Å². The highest BCUT2D eigenvalue weighted by molar-refractivity contribution is 7.27. The van der Waals surface area contributed by atoms with Crippen molar-refractivity contribution in [2.75, 3.05) is 5.32 Å². The molecular weight excluding hydrogens is 1850 g/mol. The van der Waals surface area contributed by atoms with E-state index < -0.39 is 0 Å². The molecule has 3 aliphatic carbocycles. The predicted molar refractivity (Wildman–Crippen MR) is 628 cm³/mol. The van der Waals surface area contributed by atoms with Gasteiger partial charge in [0, 0.05) is 122 Å². The van der Waals surface area contributed by atoms with Gasteiger partial charge in [0.05, 0.1) is 69.3 Å². The molecule has 692 valence electrons. The minimum atomic E-state index is -0.291. The summed E-state index contributed by atoms with van der Waals surface area (Å²) in [5.41, 5.74) is 37.4. The van der Waals surface area contributed by atoms with E-state index in [-0.39, 0.29) is 23.3 Å². The van der Waals surface area contributed by atoms with Crippen LogP contribution < -0.4 is 5.32 Å². The smallest absolute Gasteiger partial charge is 0.0979 e. The summed E-state index contributed by atoms with van der Waals surface area (Å²) in [6.45, 7) is 2.31. The van der Waals surface area contributed by atoms with Crippen LogP contribution in [-0.4, -0.2) is 25.6 Å². The minimum Gasteiger partial charge on any atom is -0.370 e. The molecule has 0 amide bonds. The first-order valence-electron chi connectivity index (χ1n) is 50.9.